The van der Waals surface area contributed by atoms with Gasteiger partial charge in [0.1, 0.15) is 11.4 Å². The number of aromatic nitrogens is 3. The number of carbonyl (C=O) groups excluding carboxylic acids is 2. The number of imide groups is 1. The molecule has 224 valence electrons. The van der Waals surface area contributed by atoms with E-state index in [1.54, 1.807) is 37.7 Å². The normalized spacial score (nSPS) is 19.3. The zero-order valence-electron chi connectivity index (χ0n) is 24.5. The van der Waals surface area contributed by atoms with Gasteiger partial charge in [-0.2, -0.15) is 10.4 Å². The van der Waals surface area contributed by atoms with E-state index in [0.717, 1.165) is 63.0 Å². The van der Waals surface area contributed by atoms with Gasteiger partial charge in [-0.1, -0.05) is 6.07 Å². The molecule has 2 fully saturated rings. The van der Waals surface area contributed by atoms with Crippen LogP contribution in [0.4, 0.5) is 15.0 Å². The van der Waals surface area contributed by atoms with Crippen LogP contribution in [0.3, 0.4) is 0 Å². The summed E-state index contributed by atoms with van der Waals surface area (Å²) < 4.78 is 27.7. The first kappa shape index (κ1) is 28.8. The topological polar surface area (TPSA) is 117 Å². The van der Waals surface area contributed by atoms with Crippen molar-refractivity contribution >= 4 is 17.8 Å². The van der Waals surface area contributed by atoms with E-state index in [9.17, 15) is 14.9 Å². The van der Waals surface area contributed by atoms with Gasteiger partial charge in [-0.25, -0.2) is 23.8 Å². The molecule has 12 heteroatoms. The number of ether oxygens (including phenoxy) is 2. The number of rotatable bonds is 4. The molecule has 0 radical (unpaired) electrons. The molecule has 6 rings (SSSR count). The van der Waals surface area contributed by atoms with Crippen molar-refractivity contribution in [2.45, 2.75) is 51.8 Å². The SMILES string of the molecule is CC(C)(C)OC(=O)N1Cc2nc(-c3c(F)cccc3C#N)cc(-n3ccc(N4CCCC(N5CCOCC5)C4)n3)c2C1=O. The van der Waals surface area contributed by atoms with Crippen LogP contribution in [0.15, 0.2) is 36.5 Å². The highest BCUT2D eigenvalue weighted by Crippen LogP contribution is 2.35. The summed E-state index contributed by atoms with van der Waals surface area (Å²) in [6.45, 7) is 9.99. The minimum absolute atomic E-state index is 0.0222. The predicted molar refractivity (Wildman–Crippen MR) is 155 cm³/mol. The number of hydrogen-bond acceptors (Lipinski definition) is 9. The number of carbonyl (C=O) groups is 2. The van der Waals surface area contributed by atoms with E-state index in [1.807, 2.05) is 12.1 Å². The second-order valence-electron chi connectivity index (χ2n) is 12.0. The molecule has 1 unspecified atom stereocenters. The molecule has 2 aromatic heterocycles. The first-order chi connectivity index (χ1) is 20.6. The van der Waals surface area contributed by atoms with Gasteiger partial charge in [0.15, 0.2) is 5.82 Å². The fraction of sp³-hybridized carbons (Fsp3) is 0.452. The molecule has 5 heterocycles. The predicted octanol–water partition coefficient (Wildman–Crippen LogP) is 4.14. The molecule has 1 aromatic carbocycles. The number of nitrogens with zero attached hydrogens (tertiary/aromatic N) is 7. The van der Waals surface area contributed by atoms with Crippen LogP contribution >= 0.6 is 0 Å². The molecule has 3 aromatic rings. The number of fused-ring (bicyclic) bond motifs is 1. The van der Waals surface area contributed by atoms with Gasteiger partial charge in [-0.05, 0) is 51.8 Å². The summed E-state index contributed by atoms with van der Waals surface area (Å²) >= 11 is 0. The van der Waals surface area contributed by atoms with Crippen molar-refractivity contribution in [1.82, 2.24) is 24.6 Å². The van der Waals surface area contributed by atoms with Crippen molar-refractivity contribution < 1.29 is 23.5 Å². The Bertz CT molecular complexity index is 1600. The van der Waals surface area contributed by atoms with Crippen LogP contribution in [-0.2, 0) is 16.0 Å². The van der Waals surface area contributed by atoms with E-state index in [1.165, 1.54) is 18.2 Å². The number of benzene rings is 1. The fourth-order valence-corrected chi connectivity index (χ4v) is 5.96. The van der Waals surface area contributed by atoms with Crippen LogP contribution in [0, 0.1) is 17.1 Å². The molecule has 2 amide bonds. The van der Waals surface area contributed by atoms with Crippen LogP contribution in [0.2, 0.25) is 0 Å². The number of halogens is 1. The molecule has 43 heavy (non-hydrogen) atoms. The highest BCUT2D eigenvalue weighted by Gasteiger charge is 2.39. The maximum atomic E-state index is 15.1. The minimum Gasteiger partial charge on any atom is -0.443 e. The van der Waals surface area contributed by atoms with Gasteiger partial charge in [0, 0.05) is 44.5 Å². The number of amides is 2. The average molecular weight is 588 g/mol. The number of anilines is 1. The van der Waals surface area contributed by atoms with Crippen molar-refractivity contribution in [3.63, 3.8) is 0 Å². The smallest absolute Gasteiger partial charge is 0.417 e. The Morgan fingerprint density at radius 3 is 2.70 bits per heavy atom. The van der Waals surface area contributed by atoms with E-state index < -0.39 is 23.4 Å². The first-order valence-corrected chi connectivity index (χ1v) is 14.5. The molecule has 0 aliphatic carbocycles. The van der Waals surface area contributed by atoms with Crippen LogP contribution in [-0.4, -0.2) is 87.6 Å². The van der Waals surface area contributed by atoms with Gasteiger partial charge in [-0.3, -0.25) is 9.69 Å². The van der Waals surface area contributed by atoms with Crippen molar-refractivity contribution in [2.75, 3.05) is 44.3 Å². The third-order valence-electron chi connectivity index (χ3n) is 7.95. The highest BCUT2D eigenvalue weighted by atomic mass is 19.1. The summed E-state index contributed by atoms with van der Waals surface area (Å²) in [5.41, 5.74) is 0.291. The van der Waals surface area contributed by atoms with E-state index in [4.69, 9.17) is 14.6 Å². The van der Waals surface area contributed by atoms with Gasteiger partial charge in [-0.15, -0.1) is 0 Å². The van der Waals surface area contributed by atoms with E-state index in [-0.39, 0.29) is 34.6 Å². The summed E-state index contributed by atoms with van der Waals surface area (Å²) in [5, 5.41) is 14.6. The number of piperidine rings is 1. The van der Waals surface area contributed by atoms with E-state index >= 15 is 4.39 Å². The average Bonchev–Trinajstić information content (AvgIpc) is 3.61. The fourth-order valence-electron chi connectivity index (χ4n) is 5.96. The Morgan fingerprint density at radius 1 is 1.16 bits per heavy atom. The summed E-state index contributed by atoms with van der Waals surface area (Å²) in [5.74, 6) is -0.438. The van der Waals surface area contributed by atoms with Crippen molar-refractivity contribution in [1.29, 1.82) is 5.26 Å². The Kier molecular flexibility index (Phi) is 7.62. The zero-order chi connectivity index (χ0) is 30.3. The zero-order valence-corrected chi connectivity index (χ0v) is 24.5. The van der Waals surface area contributed by atoms with Gasteiger partial charge < -0.3 is 14.4 Å². The van der Waals surface area contributed by atoms with Gasteiger partial charge in [0.25, 0.3) is 5.91 Å². The maximum absolute atomic E-state index is 15.1. The number of pyridine rings is 1. The number of morpholine rings is 1. The first-order valence-electron chi connectivity index (χ1n) is 14.5. The molecule has 0 bridgehead atoms. The lowest BCUT2D eigenvalue weighted by atomic mass is 10.0. The van der Waals surface area contributed by atoms with Crippen molar-refractivity contribution in [3.05, 3.63) is 59.2 Å². The lowest BCUT2D eigenvalue weighted by molar-refractivity contribution is 0.0137. The highest BCUT2D eigenvalue weighted by molar-refractivity contribution is 6.08. The van der Waals surface area contributed by atoms with Crippen LogP contribution in [0.25, 0.3) is 16.9 Å². The lowest BCUT2D eigenvalue weighted by Gasteiger charge is -2.40. The summed E-state index contributed by atoms with van der Waals surface area (Å²) in [6, 6.07) is 10.1. The lowest BCUT2D eigenvalue weighted by Crippen LogP contribution is -2.51. The molecule has 1 atom stereocenters. The Morgan fingerprint density at radius 2 is 1.95 bits per heavy atom. The van der Waals surface area contributed by atoms with Crippen LogP contribution < -0.4 is 4.90 Å². The second kappa shape index (κ2) is 11.4. The van der Waals surface area contributed by atoms with Gasteiger partial charge in [0.2, 0.25) is 0 Å². The Hall–Kier alpha value is -4.34. The molecule has 3 aliphatic rings. The molecule has 0 saturated carbocycles. The standard InChI is InChI=1S/C31H34FN7O4/c1-31(2,3)43-30(41)38-19-24-28(29(38)40)25(16-23(34-24)27-20(17-33)6-4-8-22(27)32)39-11-9-26(35-39)37-10-5-7-21(18-37)36-12-14-42-15-13-36/h4,6,8-9,11,16,21H,5,7,10,12-15,18-19H2,1-3H3. The van der Waals surface area contributed by atoms with Gasteiger partial charge >= 0.3 is 6.09 Å². The third-order valence-corrected chi connectivity index (χ3v) is 7.95. The Labute approximate surface area is 249 Å². The quantitative estimate of drug-likeness (QED) is 0.444. The van der Waals surface area contributed by atoms with Crippen LogP contribution in [0.5, 0.6) is 0 Å². The molecular formula is C31H34FN7O4. The number of nitriles is 1. The number of hydrogen-bond donors (Lipinski definition) is 0. The van der Waals surface area contributed by atoms with E-state index in [0.29, 0.717) is 11.7 Å². The summed E-state index contributed by atoms with van der Waals surface area (Å²) in [6.07, 6.45) is 3.09. The largest absolute Gasteiger partial charge is 0.443 e. The molecule has 3 aliphatic heterocycles. The van der Waals surface area contributed by atoms with Crippen molar-refractivity contribution in [2.24, 2.45) is 0 Å². The van der Waals surface area contributed by atoms with Crippen molar-refractivity contribution in [3.8, 4) is 23.0 Å². The van der Waals surface area contributed by atoms with E-state index in [2.05, 4.69) is 14.8 Å². The summed E-state index contributed by atoms with van der Waals surface area (Å²) in [7, 11) is 0. The van der Waals surface area contributed by atoms with Crippen LogP contribution in [0.1, 0.15) is 55.2 Å². The third kappa shape index (κ3) is 5.70. The minimum atomic E-state index is -0.813. The molecular weight excluding hydrogens is 553 g/mol. The second-order valence-corrected chi connectivity index (χ2v) is 12.0. The summed E-state index contributed by atoms with van der Waals surface area (Å²) in [4.78, 5) is 36.9. The monoisotopic (exact) mass is 587 g/mol. The molecule has 0 N–H and O–H groups in total. The molecule has 11 nitrogen and oxygen atoms in total. The maximum Gasteiger partial charge on any atom is 0.417 e. The Balaban J connectivity index is 1.39. The van der Waals surface area contributed by atoms with Gasteiger partial charge in [0.05, 0.1) is 59.6 Å². The molecule has 0 spiro atoms. The molecule has 2 saturated heterocycles.